The highest BCUT2D eigenvalue weighted by atomic mass is 35.5. The number of aromatic nitrogens is 2. The van der Waals surface area contributed by atoms with Crippen LogP contribution in [-0.2, 0) is 6.42 Å². The lowest BCUT2D eigenvalue weighted by atomic mass is 10.1. The van der Waals surface area contributed by atoms with Crippen LogP contribution in [0.5, 0.6) is 0 Å². The largest absolute Gasteiger partial charge is 0.396 e. The van der Waals surface area contributed by atoms with Crippen LogP contribution >= 0.6 is 11.6 Å². The van der Waals surface area contributed by atoms with Gasteiger partial charge in [0, 0.05) is 18.0 Å². The van der Waals surface area contributed by atoms with E-state index >= 15 is 0 Å². The van der Waals surface area contributed by atoms with Gasteiger partial charge in [-0.1, -0.05) is 0 Å². The zero-order valence-electron chi connectivity index (χ0n) is 7.13. The Labute approximate surface area is 76.4 Å². The van der Waals surface area contributed by atoms with Gasteiger partial charge in [0.15, 0.2) is 0 Å². The number of hydrogen-bond acceptors (Lipinski definition) is 3. The first-order chi connectivity index (χ1) is 5.65. The molecular formula is C8H11ClN2O. The smallest absolute Gasteiger partial charge is 0.222 e. The average Bonchev–Trinajstić information content (AvgIpc) is 1.96. The maximum atomic E-state index is 8.75. The molecule has 1 rings (SSSR count). The number of nitrogens with zero attached hydrogens (tertiary/aromatic N) is 2. The third kappa shape index (κ3) is 1.93. The lowest BCUT2D eigenvalue weighted by molar-refractivity contribution is 0.298. The highest BCUT2D eigenvalue weighted by Crippen LogP contribution is 2.12. The van der Waals surface area contributed by atoms with Crippen molar-refractivity contribution in [3.8, 4) is 0 Å². The molecule has 0 aromatic carbocycles. The van der Waals surface area contributed by atoms with E-state index < -0.39 is 0 Å². The first-order valence-electron chi connectivity index (χ1n) is 3.75. The topological polar surface area (TPSA) is 46.0 Å². The second kappa shape index (κ2) is 3.83. The summed E-state index contributed by atoms with van der Waals surface area (Å²) in [6.45, 7) is 3.85. The standard InChI is InChI=1S/C8H11ClN2O/c1-5-7(3-4-12)6(2)11-8(9)10-5/h12H,3-4H2,1-2H3. The van der Waals surface area contributed by atoms with Crippen molar-refractivity contribution in [2.75, 3.05) is 6.61 Å². The maximum absolute atomic E-state index is 8.75. The van der Waals surface area contributed by atoms with Crippen LogP contribution < -0.4 is 0 Å². The molecule has 0 unspecified atom stereocenters. The zero-order chi connectivity index (χ0) is 9.14. The van der Waals surface area contributed by atoms with Gasteiger partial charge in [0.25, 0.3) is 0 Å². The number of hydrogen-bond donors (Lipinski definition) is 1. The van der Waals surface area contributed by atoms with E-state index in [2.05, 4.69) is 9.97 Å². The Kier molecular flexibility index (Phi) is 3.00. The van der Waals surface area contributed by atoms with E-state index in [4.69, 9.17) is 16.7 Å². The molecule has 1 aromatic heterocycles. The molecule has 0 spiro atoms. The summed E-state index contributed by atoms with van der Waals surface area (Å²) in [4.78, 5) is 7.99. The van der Waals surface area contributed by atoms with Crippen LogP contribution in [0.3, 0.4) is 0 Å². The van der Waals surface area contributed by atoms with Crippen molar-refractivity contribution in [1.82, 2.24) is 9.97 Å². The molecule has 0 aliphatic carbocycles. The highest BCUT2D eigenvalue weighted by molar-refractivity contribution is 6.28. The van der Waals surface area contributed by atoms with Crippen molar-refractivity contribution in [2.24, 2.45) is 0 Å². The second-order valence-corrected chi connectivity index (χ2v) is 2.95. The Bertz CT molecular complexity index is 265. The van der Waals surface area contributed by atoms with Crippen molar-refractivity contribution in [2.45, 2.75) is 20.3 Å². The molecule has 3 nitrogen and oxygen atoms in total. The third-order valence-electron chi connectivity index (χ3n) is 1.76. The lowest BCUT2D eigenvalue weighted by Crippen LogP contribution is -2.02. The van der Waals surface area contributed by atoms with E-state index in [-0.39, 0.29) is 11.9 Å². The Hall–Kier alpha value is -0.670. The van der Waals surface area contributed by atoms with Crippen LogP contribution in [0.15, 0.2) is 0 Å². The molecule has 0 radical (unpaired) electrons. The Balaban J connectivity index is 3.10. The SMILES string of the molecule is Cc1nc(Cl)nc(C)c1CCO. The van der Waals surface area contributed by atoms with E-state index in [1.54, 1.807) is 0 Å². The van der Waals surface area contributed by atoms with Gasteiger partial charge in [-0.3, -0.25) is 0 Å². The van der Waals surface area contributed by atoms with E-state index in [1.165, 1.54) is 0 Å². The summed E-state index contributed by atoms with van der Waals surface area (Å²) >= 11 is 5.64. The summed E-state index contributed by atoms with van der Waals surface area (Å²) in [6.07, 6.45) is 0.592. The van der Waals surface area contributed by atoms with Crippen molar-refractivity contribution < 1.29 is 5.11 Å². The van der Waals surface area contributed by atoms with Gasteiger partial charge in [0.2, 0.25) is 5.28 Å². The molecule has 0 fully saturated rings. The number of aliphatic hydroxyl groups excluding tert-OH is 1. The Morgan fingerprint density at radius 3 is 2.17 bits per heavy atom. The summed E-state index contributed by atoms with van der Waals surface area (Å²) in [5, 5.41) is 9.02. The number of aryl methyl sites for hydroxylation is 2. The first kappa shape index (κ1) is 9.42. The molecule has 0 aliphatic heterocycles. The Morgan fingerprint density at radius 2 is 1.75 bits per heavy atom. The molecule has 0 saturated heterocycles. The normalized spacial score (nSPS) is 10.3. The minimum absolute atomic E-state index is 0.118. The molecule has 66 valence electrons. The summed E-state index contributed by atoms with van der Waals surface area (Å²) in [6, 6.07) is 0. The molecule has 0 bridgehead atoms. The van der Waals surface area contributed by atoms with Crippen LogP contribution in [0.25, 0.3) is 0 Å². The molecule has 0 atom stereocenters. The molecule has 0 saturated carbocycles. The molecule has 1 heterocycles. The van der Waals surface area contributed by atoms with Crippen LogP contribution in [-0.4, -0.2) is 21.7 Å². The van der Waals surface area contributed by atoms with Gasteiger partial charge in [0.05, 0.1) is 0 Å². The minimum Gasteiger partial charge on any atom is -0.396 e. The van der Waals surface area contributed by atoms with Gasteiger partial charge in [-0.2, -0.15) is 0 Å². The molecule has 0 amide bonds. The summed E-state index contributed by atoms with van der Waals surface area (Å²) < 4.78 is 0. The zero-order valence-corrected chi connectivity index (χ0v) is 7.89. The fraction of sp³-hybridized carbons (Fsp3) is 0.500. The van der Waals surface area contributed by atoms with Gasteiger partial charge >= 0.3 is 0 Å². The second-order valence-electron chi connectivity index (χ2n) is 2.62. The quantitative estimate of drug-likeness (QED) is 0.708. The van der Waals surface area contributed by atoms with Crippen molar-refractivity contribution in [1.29, 1.82) is 0 Å². The molecule has 1 aromatic rings. The summed E-state index contributed by atoms with van der Waals surface area (Å²) in [5.41, 5.74) is 2.69. The van der Waals surface area contributed by atoms with E-state index in [0.29, 0.717) is 6.42 Å². The monoisotopic (exact) mass is 186 g/mol. The molecule has 12 heavy (non-hydrogen) atoms. The summed E-state index contributed by atoms with van der Waals surface area (Å²) in [5.74, 6) is 0. The number of aliphatic hydroxyl groups is 1. The molecule has 1 N–H and O–H groups in total. The lowest BCUT2D eigenvalue weighted by Gasteiger charge is -2.06. The summed E-state index contributed by atoms with van der Waals surface area (Å²) in [7, 11) is 0. The van der Waals surface area contributed by atoms with Crippen molar-refractivity contribution in [3.05, 3.63) is 22.2 Å². The fourth-order valence-corrected chi connectivity index (χ4v) is 1.43. The van der Waals surface area contributed by atoms with Gasteiger partial charge in [-0.05, 0) is 37.4 Å². The van der Waals surface area contributed by atoms with Crippen LogP contribution in [0.4, 0.5) is 0 Å². The fourth-order valence-electron chi connectivity index (χ4n) is 1.17. The van der Waals surface area contributed by atoms with E-state index in [0.717, 1.165) is 17.0 Å². The predicted octanol–water partition coefficient (Wildman–Crippen LogP) is 1.28. The van der Waals surface area contributed by atoms with Crippen LogP contribution in [0.1, 0.15) is 17.0 Å². The van der Waals surface area contributed by atoms with Gasteiger partial charge in [0.1, 0.15) is 0 Å². The van der Waals surface area contributed by atoms with E-state index in [1.807, 2.05) is 13.8 Å². The average molecular weight is 187 g/mol. The third-order valence-corrected chi connectivity index (χ3v) is 1.92. The molecule has 0 aliphatic rings. The van der Waals surface area contributed by atoms with Crippen molar-refractivity contribution in [3.63, 3.8) is 0 Å². The Morgan fingerprint density at radius 1 is 1.25 bits per heavy atom. The first-order valence-corrected chi connectivity index (χ1v) is 4.13. The van der Waals surface area contributed by atoms with E-state index in [9.17, 15) is 0 Å². The van der Waals surface area contributed by atoms with Gasteiger partial charge in [-0.25, -0.2) is 9.97 Å². The van der Waals surface area contributed by atoms with Gasteiger partial charge in [-0.15, -0.1) is 0 Å². The van der Waals surface area contributed by atoms with Gasteiger partial charge < -0.3 is 5.11 Å². The predicted molar refractivity (Wildman–Crippen MR) is 47.3 cm³/mol. The minimum atomic E-state index is 0.118. The highest BCUT2D eigenvalue weighted by Gasteiger charge is 2.05. The van der Waals surface area contributed by atoms with Crippen LogP contribution in [0, 0.1) is 13.8 Å². The number of halogens is 1. The van der Waals surface area contributed by atoms with Crippen molar-refractivity contribution >= 4 is 11.6 Å². The molecule has 4 heteroatoms. The number of rotatable bonds is 2. The molecular weight excluding hydrogens is 176 g/mol. The van der Waals surface area contributed by atoms with Crippen LogP contribution in [0.2, 0.25) is 5.28 Å². The maximum Gasteiger partial charge on any atom is 0.222 e.